The minimum Gasteiger partial charge on any atom is -0.323 e. The molecule has 1 saturated carbocycles. The van der Waals surface area contributed by atoms with Crippen molar-refractivity contribution in [1.29, 1.82) is 5.26 Å². The molecule has 0 spiro atoms. The quantitative estimate of drug-likeness (QED) is 0.619. The summed E-state index contributed by atoms with van der Waals surface area (Å²) >= 11 is 0. The van der Waals surface area contributed by atoms with Gasteiger partial charge in [-0.15, -0.1) is 0 Å². The topological polar surface area (TPSA) is 41.6 Å². The number of imidazole rings is 1. The van der Waals surface area contributed by atoms with Gasteiger partial charge in [-0.05, 0) is 61.6 Å². The lowest BCUT2D eigenvalue weighted by Gasteiger charge is -2.22. The molecule has 26 heavy (non-hydrogen) atoms. The Morgan fingerprint density at radius 3 is 2.58 bits per heavy atom. The summed E-state index contributed by atoms with van der Waals surface area (Å²) in [4.78, 5) is 5.07. The van der Waals surface area contributed by atoms with Gasteiger partial charge in [-0.3, -0.25) is 0 Å². The predicted octanol–water partition coefficient (Wildman–Crippen LogP) is 5.62. The van der Waals surface area contributed by atoms with Crippen molar-refractivity contribution in [3.05, 3.63) is 64.5 Å². The molecule has 3 nitrogen and oxygen atoms in total. The summed E-state index contributed by atoms with van der Waals surface area (Å²) in [5, 5.41) is 9.48. The Morgan fingerprint density at radius 1 is 1.08 bits per heavy atom. The van der Waals surface area contributed by atoms with Gasteiger partial charge in [0.1, 0.15) is 5.82 Å². The van der Waals surface area contributed by atoms with Gasteiger partial charge in [0.05, 0.1) is 29.2 Å². The van der Waals surface area contributed by atoms with Crippen LogP contribution in [0.25, 0.3) is 11.0 Å². The van der Waals surface area contributed by atoms with Crippen LogP contribution in [0, 0.1) is 25.2 Å². The molecule has 0 bridgehead atoms. The third-order valence-electron chi connectivity index (χ3n) is 5.83. The summed E-state index contributed by atoms with van der Waals surface area (Å²) in [6.07, 6.45) is 6.37. The third kappa shape index (κ3) is 3.01. The average Bonchev–Trinajstić information content (AvgIpc) is 3.01. The normalized spacial score (nSPS) is 15.3. The van der Waals surface area contributed by atoms with E-state index in [0.717, 1.165) is 16.6 Å². The number of benzene rings is 2. The molecule has 0 atom stereocenters. The van der Waals surface area contributed by atoms with Gasteiger partial charge in [-0.2, -0.15) is 5.26 Å². The number of hydrogen-bond donors (Lipinski definition) is 0. The highest BCUT2D eigenvalue weighted by Crippen LogP contribution is 2.35. The van der Waals surface area contributed by atoms with Gasteiger partial charge in [0.2, 0.25) is 0 Å². The second-order valence-electron chi connectivity index (χ2n) is 7.59. The first-order valence-electron chi connectivity index (χ1n) is 9.63. The van der Waals surface area contributed by atoms with Crippen LogP contribution >= 0.6 is 0 Å². The molecule has 1 aliphatic rings. The zero-order valence-electron chi connectivity index (χ0n) is 15.6. The van der Waals surface area contributed by atoms with Crippen LogP contribution in [0.5, 0.6) is 0 Å². The van der Waals surface area contributed by atoms with Crippen LogP contribution in [-0.2, 0) is 6.54 Å². The summed E-state index contributed by atoms with van der Waals surface area (Å²) in [7, 11) is 0. The fourth-order valence-corrected chi connectivity index (χ4v) is 4.17. The van der Waals surface area contributed by atoms with Gasteiger partial charge in [-0.25, -0.2) is 4.98 Å². The first-order chi connectivity index (χ1) is 12.7. The molecular weight excluding hydrogens is 318 g/mol. The Morgan fingerprint density at radius 2 is 1.81 bits per heavy atom. The Kier molecular flexibility index (Phi) is 4.51. The smallest absolute Gasteiger partial charge is 0.113 e. The summed E-state index contributed by atoms with van der Waals surface area (Å²) in [5.74, 6) is 1.74. The van der Waals surface area contributed by atoms with E-state index < -0.39 is 0 Å². The van der Waals surface area contributed by atoms with Crippen molar-refractivity contribution in [3.8, 4) is 6.07 Å². The highest BCUT2D eigenvalue weighted by Gasteiger charge is 2.23. The molecule has 0 radical (unpaired) electrons. The largest absolute Gasteiger partial charge is 0.323 e. The number of nitrogens with zero attached hydrogens (tertiary/aromatic N) is 3. The second-order valence-corrected chi connectivity index (χ2v) is 7.59. The van der Waals surface area contributed by atoms with Crippen LogP contribution in [0.2, 0.25) is 0 Å². The molecule has 0 unspecified atom stereocenters. The lowest BCUT2D eigenvalue weighted by atomic mass is 9.88. The van der Waals surface area contributed by atoms with Crippen molar-refractivity contribution in [2.45, 2.75) is 58.4 Å². The van der Waals surface area contributed by atoms with Gasteiger partial charge in [0, 0.05) is 5.92 Å². The van der Waals surface area contributed by atoms with Gasteiger partial charge >= 0.3 is 0 Å². The van der Waals surface area contributed by atoms with Crippen molar-refractivity contribution >= 4 is 11.0 Å². The zero-order chi connectivity index (χ0) is 18.1. The Labute approximate surface area is 155 Å². The van der Waals surface area contributed by atoms with Gasteiger partial charge < -0.3 is 4.57 Å². The zero-order valence-corrected chi connectivity index (χ0v) is 15.6. The number of rotatable bonds is 3. The molecule has 1 heterocycles. The molecule has 2 aromatic carbocycles. The molecule has 1 aromatic heterocycles. The molecule has 0 N–H and O–H groups in total. The van der Waals surface area contributed by atoms with E-state index in [0.29, 0.717) is 12.5 Å². The van der Waals surface area contributed by atoms with E-state index in [9.17, 15) is 5.26 Å². The minimum absolute atomic E-state index is 0.533. The van der Waals surface area contributed by atoms with Crippen LogP contribution in [-0.4, -0.2) is 9.55 Å². The molecule has 0 amide bonds. The lowest BCUT2D eigenvalue weighted by molar-refractivity contribution is 0.420. The van der Waals surface area contributed by atoms with Crippen molar-refractivity contribution in [3.63, 3.8) is 0 Å². The van der Waals surface area contributed by atoms with Gasteiger partial charge in [-0.1, -0.05) is 37.5 Å². The van der Waals surface area contributed by atoms with E-state index in [1.54, 1.807) is 0 Å². The summed E-state index contributed by atoms with van der Waals surface area (Å²) in [6, 6.07) is 14.7. The van der Waals surface area contributed by atoms with Crippen LogP contribution < -0.4 is 0 Å². The monoisotopic (exact) mass is 343 g/mol. The van der Waals surface area contributed by atoms with E-state index in [1.807, 2.05) is 18.2 Å². The first-order valence-corrected chi connectivity index (χ1v) is 9.63. The van der Waals surface area contributed by atoms with Gasteiger partial charge in [0.15, 0.2) is 0 Å². The number of nitriles is 1. The van der Waals surface area contributed by atoms with Crippen molar-refractivity contribution in [1.82, 2.24) is 9.55 Å². The van der Waals surface area contributed by atoms with Crippen molar-refractivity contribution in [2.24, 2.45) is 0 Å². The molecule has 0 saturated heterocycles. The molecule has 1 aliphatic carbocycles. The molecule has 3 aromatic rings. The summed E-state index contributed by atoms with van der Waals surface area (Å²) in [6.45, 7) is 5.03. The van der Waals surface area contributed by atoms with Crippen LogP contribution in [0.4, 0.5) is 0 Å². The average molecular weight is 343 g/mol. The maximum Gasteiger partial charge on any atom is 0.113 e. The highest BCUT2D eigenvalue weighted by molar-refractivity contribution is 5.78. The summed E-state index contributed by atoms with van der Waals surface area (Å²) in [5.41, 5.74) is 6.69. The molecular formula is C23H25N3. The van der Waals surface area contributed by atoms with Crippen molar-refractivity contribution in [2.75, 3.05) is 0 Å². The maximum absolute atomic E-state index is 9.48. The van der Waals surface area contributed by atoms with Gasteiger partial charge in [0.25, 0.3) is 0 Å². The fourth-order valence-electron chi connectivity index (χ4n) is 4.17. The van der Waals surface area contributed by atoms with Crippen LogP contribution in [0.3, 0.4) is 0 Å². The fraction of sp³-hybridized carbons (Fsp3) is 0.391. The Bertz CT molecular complexity index is 985. The van der Waals surface area contributed by atoms with E-state index in [-0.39, 0.29) is 0 Å². The van der Waals surface area contributed by atoms with Crippen LogP contribution in [0.1, 0.15) is 66.1 Å². The Balaban J connectivity index is 1.87. The lowest BCUT2D eigenvalue weighted by Crippen LogP contribution is -2.13. The van der Waals surface area contributed by atoms with E-state index in [2.05, 4.69) is 42.7 Å². The summed E-state index contributed by atoms with van der Waals surface area (Å²) < 4.78 is 2.37. The van der Waals surface area contributed by atoms with E-state index in [1.165, 1.54) is 54.6 Å². The Hall–Kier alpha value is -2.60. The molecule has 132 valence electrons. The number of hydrogen-bond acceptors (Lipinski definition) is 2. The maximum atomic E-state index is 9.48. The predicted molar refractivity (Wildman–Crippen MR) is 105 cm³/mol. The molecule has 1 fully saturated rings. The SMILES string of the molecule is Cc1cc2nc(C3CCCCC3)n(Cc3ccccc3C#N)c2cc1C. The highest BCUT2D eigenvalue weighted by atomic mass is 15.1. The van der Waals surface area contributed by atoms with Crippen molar-refractivity contribution < 1.29 is 0 Å². The standard InChI is InChI=1S/C23H25N3/c1-16-12-21-22(13-17(16)2)26(15-20-11-7-6-10-19(20)14-24)23(25-21)18-8-4-3-5-9-18/h6-7,10-13,18H,3-5,8-9,15H2,1-2H3. The molecule has 0 aliphatic heterocycles. The minimum atomic E-state index is 0.533. The van der Waals surface area contributed by atoms with Crippen LogP contribution in [0.15, 0.2) is 36.4 Å². The number of fused-ring (bicyclic) bond motifs is 1. The number of aromatic nitrogens is 2. The second kappa shape index (κ2) is 6.96. The number of aryl methyl sites for hydroxylation is 2. The third-order valence-corrected chi connectivity index (χ3v) is 5.83. The van der Waals surface area contributed by atoms with E-state index >= 15 is 0 Å². The van der Waals surface area contributed by atoms with E-state index in [4.69, 9.17) is 4.98 Å². The first kappa shape index (κ1) is 16.8. The molecule has 4 rings (SSSR count). The molecule has 3 heteroatoms.